The van der Waals surface area contributed by atoms with Crippen LogP contribution in [0.5, 0.6) is 5.75 Å². The zero-order valence-corrected chi connectivity index (χ0v) is 37.7. The molecule has 4 aromatic heterocycles. The van der Waals surface area contributed by atoms with Gasteiger partial charge in [0.05, 0.1) is 28.3 Å². The molecule has 0 N–H and O–H groups in total. The van der Waals surface area contributed by atoms with Gasteiger partial charge in [-0.1, -0.05) is 107 Å². The fourth-order valence-corrected chi connectivity index (χ4v) is 10.9. The van der Waals surface area contributed by atoms with Gasteiger partial charge in [0.1, 0.15) is 28.6 Å². The third-order valence-corrected chi connectivity index (χ3v) is 14.4. The lowest BCUT2D eigenvalue weighted by atomic mass is 9.96. The molecule has 5 heterocycles. The summed E-state index contributed by atoms with van der Waals surface area (Å²) >= 11 is 0. The lowest BCUT2D eigenvalue weighted by Gasteiger charge is -2.25. The second-order valence-electron chi connectivity index (χ2n) is 19.1. The van der Waals surface area contributed by atoms with Gasteiger partial charge in [-0.25, -0.2) is 0 Å². The Hall–Kier alpha value is -7.50. The fraction of sp³-hybridized carbons (Fsp3) is 0.180. The summed E-state index contributed by atoms with van der Waals surface area (Å²) in [4.78, 5) is 0. The van der Waals surface area contributed by atoms with Crippen molar-refractivity contribution in [1.82, 2.24) is 9.13 Å². The molecule has 5 heteroatoms. The lowest BCUT2D eigenvalue weighted by Crippen LogP contribution is -2.23. The van der Waals surface area contributed by atoms with Crippen LogP contribution in [0.3, 0.4) is 0 Å². The highest BCUT2D eigenvalue weighted by Gasteiger charge is 2.29. The molecule has 0 spiro atoms. The summed E-state index contributed by atoms with van der Waals surface area (Å²) in [7, 11) is 0. The van der Waals surface area contributed by atoms with Crippen molar-refractivity contribution in [3.8, 4) is 33.7 Å². The molecule has 0 saturated heterocycles. The molecule has 5 nitrogen and oxygen atoms in total. The van der Waals surface area contributed by atoms with Crippen LogP contribution in [-0.2, 0) is 6.42 Å². The van der Waals surface area contributed by atoms with Gasteiger partial charge in [-0.05, 0) is 150 Å². The van der Waals surface area contributed by atoms with E-state index in [1.807, 2.05) is 12.1 Å². The van der Waals surface area contributed by atoms with E-state index in [0.717, 1.165) is 75.1 Å². The summed E-state index contributed by atoms with van der Waals surface area (Å²) in [5, 5.41) is 7.15. The number of furan rings is 2. The Morgan fingerprint density at radius 2 is 1.21 bits per heavy atom. The van der Waals surface area contributed by atoms with Gasteiger partial charge in [-0.2, -0.15) is 0 Å². The number of aromatic nitrogens is 2. The van der Waals surface area contributed by atoms with Crippen LogP contribution in [0.2, 0.25) is 0 Å². The number of allylic oxidation sites excluding steroid dienone is 1. The molecule has 11 aromatic rings. The maximum absolute atomic E-state index is 6.93. The number of hydrogen-bond acceptors (Lipinski definition) is 3. The molecule has 0 fully saturated rings. The topological polar surface area (TPSA) is 45.4 Å². The summed E-state index contributed by atoms with van der Waals surface area (Å²) in [6.45, 7) is 9.02. The standard InChI is InChI=1S/C61H50N2O3/c1-36(2)38-19-24-52-48(32-38)49-33-41(20-25-53(49)63(52)44-23-29-60-50(35-44)47-15-6-8-18-58(47)65-60)39-11-9-12-40(31-39)42-21-26-54-51(34-42)61-55(27-30-56(66-61)37(3)4)62(54)43-13-10-16-46-45-14-5-7-17-57(45)64-59(46)28-22-43/h5-9,11-12,14-15,17-37,43,56H,10,13,16H2,1-4H3. The maximum atomic E-state index is 6.93. The molecule has 1 aliphatic carbocycles. The predicted molar refractivity (Wildman–Crippen MR) is 274 cm³/mol. The van der Waals surface area contributed by atoms with Crippen molar-refractivity contribution in [2.24, 2.45) is 5.92 Å². The predicted octanol–water partition coefficient (Wildman–Crippen LogP) is 16.9. The van der Waals surface area contributed by atoms with Gasteiger partial charge in [0.15, 0.2) is 5.75 Å². The first kappa shape index (κ1) is 38.9. The molecular formula is C61H50N2O3. The van der Waals surface area contributed by atoms with Gasteiger partial charge in [-0.15, -0.1) is 0 Å². The lowest BCUT2D eigenvalue weighted by molar-refractivity contribution is 0.196. The zero-order valence-electron chi connectivity index (χ0n) is 37.7. The quantitative estimate of drug-likeness (QED) is 0.167. The van der Waals surface area contributed by atoms with Crippen molar-refractivity contribution in [3.63, 3.8) is 0 Å². The van der Waals surface area contributed by atoms with Crippen molar-refractivity contribution < 1.29 is 13.6 Å². The van der Waals surface area contributed by atoms with E-state index < -0.39 is 0 Å². The van der Waals surface area contributed by atoms with E-state index >= 15 is 0 Å². The Labute approximate surface area is 383 Å². The third kappa shape index (κ3) is 6.13. The number of ether oxygens (including phenoxy) is 1. The van der Waals surface area contributed by atoms with Crippen molar-refractivity contribution >= 4 is 77.8 Å². The zero-order chi connectivity index (χ0) is 44.2. The summed E-state index contributed by atoms with van der Waals surface area (Å²) in [5.41, 5.74) is 16.0. The SMILES string of the molecule is CC(C)c1ccc2c(c1)c1cc(-c3cccc(-c4ccc5c(c4)c4c(n5C5C=Cc6oc7ccccc7c6CCC5)C=CC(C(C)C)O4)c3)ccc1n2-c1ccc2oc3ccccc3c2c1. The Morgan fingerprint density at radius 1 is 0.530 bits per heavy atom. The number of benzene rings is 7. The van der Waals surface area contributed by atoms with Crippen LogP contribution in [0.1, 0.15) is 75.1 Å². The second kappa shape index (κ2) is 15.0. The average molecular weight is 859 g/mol. The normalized spacial score (nSPS) is 16.3. The molecule has 0 saturated carbocycles. The van der Waals surface area contributed by atoms with Crippen molar-refractivity contribution in [1.29, 1.82) is 0 Å². The fourth-order valence-electron chi connectivity index (χ4n) is 10.9. The van der Waals surface area contributed by atoms with E-state index in [1.165, 1.54) is 66.1 Å². The van der Waals surface area contributed by atoms with Gasteiger partial charge >= 0.3 is 0 Å². The number of aryl methyl sites for hydroxylation is 1. The van der Waals surface area contributed by atoms with Crippen molar-refractivity contribution in [3.05, 3.63) is 180 Å². The van der Waals surface area contributed by atoms with Gasteiger partial charge < -0.3 is 22.7 Å². The molecule has 7 aromatic carbocycles. The minimum Gasteiger partial charge on any atom is -0.483 e. The molecule has 2 aliphatic rings. The highest BCUT2D eigenvalue weighted by Crippen LogP contribution is 2.45. The Morgan fingerprint density at radius 3 is 2.00 bits per heavy atom. The summed E-state index contributed by atoms with van der Waals surface area (Å²) in [6.07, 6.45) is 12.2. The largest absolute Gasteiger partial charge is 0.483 e. The highest BCUT2D eigenvalue weighted by atomic mass is 16.5. The van der Waals surface area contributed by atoms with Gasteiger partial charge in [-0.3, -0.25) is 0 Å². The number of fused-ring (bicyclic) bond motifs is 12. The van der Waals surface area contributed by atoms with E-state index in [1.54, 1.807) is 0 Å². The van der Waals surface area contributed by atoms with Crippen molar-refractivity contribution in [2.45, 2.75) is 65.0 Å². The van der Waals surface area contributed by atoms with Crippen LogP contribution >= 0.6 is 0 Å². The molecular weight excluding hydrogens is 809 g/mol. The first-order chi connectivity index (χ1) is 32.3. The maximum Gasteiger partial charge on any atom is 0.153 e. The molecule has 1 aliphatic heterocycles. The van der Waals surface area contributed by atoms with E-state index in [4.69, 9.17) is 13.6 Å². The highest BCUT2D eigenvalue weighted by molar-refractivity contribution is 6.12. The van der Waals surface area contributed by atoms with Crippen LogP contribution in [0.25, 0.3) is 106 Å². The van der Waals surface area contributed by atoms with E-state index in [-0.39, 0.29) is 12.1 Å². The summed E-state index contributed by atoms with van der Waals surface area (Å²) in [5.74, 6) is 2.72. The smallest absolute Gasteiger partial charge is 0.153 e. The van der Waals surface area contributed by atoms with Gasteiger partial charge in [0.2, 0.25) is 0 Å². The molecule has 2 atom stereocenters. The molecule has 66 heavy (non-hydrogen) atoms. The number of nitrogens with zero attached hydrogens (tertiary/aromatic N) is 2. The van der Waals surface area contributed by atoms with Crippen LogP contribution in [0.15, 0.2) is 167 Å². The molecule has 0 bridgehead atoms. The van der Waals surface area contributed by atoms with Crippen molar-refractivity contribution in [2.75, 3.05) is 0 Å². The van der Waals surface area contributed by atoms with E-state index in [2.05, 4.69) is 195 Å². The Bertz CT molecular complexity index is 3810. The Balaban J connectivity index is 0.909. The minimum absolute atomic E-state index is 0.0143. The number of rotatable bonds is 6. The van der Waals surface area contributed by atoms with E-state index in [9.17, 15) is 0 Å². The third-order valence-electron chi connectivity index (χ3n) is 14.4. The monoisotopic (exact) mass is 858 g/mol. The average Bonchev–Trinajstić information content (AvgIpc) is 4.08. The number of para-hydroxylation sites is 2. The van der Waals surface area contributed by atoms with Crippen LogP contribution in [0, 0.1) is 5.92 Å². The van der Waals surface area contributed by atoms with Gasteiger partial charge in [0, 0.05) is 43.6 Å². The summed E-state index contributed by atoms with van der Waals surface area (Å²) < 4.78 is 24.5. The minimum atomic E-state index is 0.0143. The molecule has 0 radical (unpaired) electrons. The first-order valence-corrected chi connectivity index (χ1v) is 23.7. The molecule has 13 rings (SSSR count). The van der Waals surface area contributed by atoms with E-state index in [0.29, 0.717) is 11.8 Å². The summed E-state index contributed by atoms with van der Waals surface area (Å²) in [6, 6.07) is 53.5. The number of hydrogen-bond donors (Lipinski definition) is 0. The van der Waals surface area contributed by atoms with Crippen LogP contribution in [-0.4, -0.2) is 15.2 Å². The molecule has 0 amide bonds. The molecule has 2 unspecified atom stereocenters. The molecule has 322 valence electrons. The Kier molecular flexibility index (Phi) is 8.86. The second-order valence-corrected chi connectivity index (χ2v) is 19.1. The van der Waals surface area contributed by atoms with Crippen LogP contribution in [0.4, 0.5) is 0 Å². The van der Waals surface area contributed by atoms with Crippen LogP contribution < -0.4 is 4.74 Å². The van der Waals surface area contributed by atoms with Gasteiger partial charge in [0.25, 0.3) is 0 Å². The first-order valence-electron chi connectivity index (χ1n) is 23.7.